The summed E-state index contributed by atoms with van der Waals surface area (Å²) in [5.74, 6) is 0. The molecule has 60 valence electrons. The highest BCUT2D eigenvalue weighted by Gasteiger charge is 2.17. The summed E-state index contributed by atoms with van der Waals surface area (Å²) in [6, 6.07) is 1.03. The van der Waals surface area contributed by atoms with E-state index in [1.54, 1.807) is 0 Å². The van der Waals surface area contributed by atoms with Crippen LogP contribution in [0.5, 0.6) is 0 Å². The summed E-state index contributed by atoms with van der Waals surface area (Å²) in [5, 5.41) is 3.40. The molecule has 0 amide bonds. The average Bonchev–Trinajstić information content (AvgIpc) is 2.05. The van der Waals surface area contributed by atoms with Crippen LogP contribution in [0.4, 0.5) is 0 Å². The van der Waals surface area contributed by atoms with E-state index in [0.717, 1.165) is 13.1 Å². The molecule has 0 aromatic rings. The second-order valence-corrected chi connectivity index (χ2v) is 2.96. The third-order valence-corrected chi connectivity index (χ3v) is 2.15. The van der Waals surface area contributed by atoms with Crippen molar-refractivity contribution in [3.8, 4) is 0 Å². The third kappa shape index (κ3) is 1.94. The van der Waals surface area contributed by atoms with Gasteiger partial charge in [0.1, 0.15) is 0 Å². The van der Waals surface area contributed by atoms with E-state index in [0.29, 0.717) is 12.1 Å². The lowest BCUT2D eigenvalue weighted by Gasteiger charge is -2.29. The lowest BCUT2D eigenvalue weighted by atomic mass is 9.99. The van der Waals surface area contributed by atoms with Gasteiger partial charge in [0, 0.05) is 25.2 Å². The van der Waals surface area contributed by atoms with E-state index in [2.05, 4.69) is 5.32 Å². The summed E-state index contributed by atoms with van der Waals surface area (Å²) in [6.45, 7) is 1.49. The van der Waals surface area contributed by atoms with Crippen LogP contribution in [-0.4, -0.2) is 25.2 Å². The van der Waals surface area contributed by atoms with Gasteiger partial charge in [0.2, 0.25) is 0 Å². The third-order valence-electron chi connectivity index (χ3n) is 2.15. The molecule has 1 rings (SSSR count). The Morgan fingerprint density at radius 1 is 1.10 bits per heavy atom. The highest BCUT2D eigenvalue weighted by Crippen LogP contribution is 2.10. The normalized spacial score (nSPS) is 34.2. The van der Waals surface area contributed by atoms with Crippen molar-refractivity contribution in [1.82, 2.24) is 5.32 Å². The van der Waals surface area contributed by atoms with Crippen molar-refractivity contribution < 1.29 is 0 Å². The number of hydrogen-bond acceptors (Lipinski definition) is 3. The fraction of sp³-hybridized carbons (Fsp3) is 1.00. The Bertz CT molecular complexity index is 84.9. The average molecular weight is 143 g/mol. The van der Waals surface area contributed by atoms with Gasteiger partial charge in [-0.05, 0) is 12.8 Å². The minimum atomic E-state index is 0.516. The molecule has 0 saturated carbocycles. The Morgan fingerprint density at radius 2 is 1.60 bits per heavy atom. The first-order valence-corrected chi connectivity index (χ1v) is 4.03. The predicted octanol–water partition coefficient (Wildman–Crippen LogP) is -0.585. The molecule has 1 fully saturated rings. The Balaban J connectivity index is 2.25. The van der Waals surface area contributed by atoms with Gasteiger partial charge in [0.15, 0.2) is 0 Å². The molecule has 3 heteroatoms. The second-order valence-electron chi connectivity index (χ2n) is 2.96. The maximum Gasteiger partial charge on any atom is 0.0193 e. The molecule has 2 atom stereocenters. The predicted molar refractivity (Wildman–Crippen MR) is 42.7 cm³/mol. The van der Waals surface area contributed by atoms with E-state index in [1.807, 2.05) is 0 Å². The van der Waals surface area contributed by atoms with Gasteiger partial charge in [0.05, 0.1) is 0 Å². The maximum absolute atomic E-state index is 5.52. The first-order valence-electron chi connectivity index (χ1n) is 4.03. The van der Waals surface area contributed by atoms with Crippen molar-refractivity contribution in [2.24, 2.45) is 11.5 Å². The fourth-order valence-electron chi connectivity index (χ4n) is 1.48. The largest absolute Gasteiger partial charge is 0.329 e. The van der Waals surface area contributed by atoms with Crippen LogP contribution < -0.4 is 16.8 Å². The first-order chi connectivity index (χ1) is 4.86. The number of nitrogens with two attached hydrogens (primary N) is 2. The summed E-state index contributed by atoms with van der Waals surface area (Å²) in [6.07, 6.45) is 3.71. The van der Waals surface area contributed by atoms with Crippen LogP contribution in [0.3, 0.4) is 0 Å². The highest BCUT2D eigenvalue weighted by atomic mass is 15.0. The van der Waals surface area contributed by atoms with E-state index < -0.39 is 0 Å². The van der Waals surface area contributed by atoms with Gasteiger partial charge in [0.25, 0.3) is 0 Å². The number of nitrogens with one attached hydrogen (secondary N) is 1. The SMILES string of the molecule is NC[C@H]1CCC[C@H](CN)N1. The van der Waals surface area contributed by atoms with Gasteiger partial charge in [-0.25, -0.2) is 0 Å². The zero-order chi connectivity index (χ0) is 7.40. The molecule has 5 N–H and O–H groups in total. The number of piperidine rings is 1. The lowest BCUT2D eigenvalue weighted by molar-refractivity contribution is 0.329. The van der Waals surface area contributed by atoms with Crippen LogP contribution in [0.2, 0.25) is 0 Å². The standard InChI is InChI=1S/C7H17N3/c8-4-6-2-1-3-7(5-9)10-6/h6-7,10H,1-5,8-9H2/t6-,7-/m1/s1. The van der Waals surface area contributed by atoms with Crippen molar-refractivity contribution in [3.05, 3.63) is 0 Å². The van der Waals surface area contributed by atoms with Gasteiger partial charge in [-0.2, -0.15) is 0 Å². The minimum absolute atomic E-state index is 0.516. The molecule has 0 aromatic carbocycles. The topological polar surface area (TPSA) is 64.1 Å². The number of hydrogen-bond donors (Lipinski definition) is 3. The molecule has 0 unspecified atom stereocenters. The van der Waals surface area contributed by atoms with Crippen LogP contribution in [0.15, 0.2) is 0 Å². The van der Waals surface area contributed by atoms with E-state index in [4.69, 9.17) is 11.5 Å². The lowest BCUT2D eigenvalue weighted by Crippen LogP contribution is -2.49. The summed E-state index contributed by atoms with van der Waals surface area (Å²) in [7, 11) is 0. The molecule has 0 aliphatic carbocycles. The molecule has 1 heterocycles. The van der Waals surface area contributed by atoms with Gasteiger partial charge in [-0.3, -0.25) is 0 Å². The zero-order valence-corrected chi connectivity index (χ0v) is 6.34. The maximum atomic E-state index is 5.52. The second kappa shape index (κ2) is 3.91. The van der Waals surface area contributed by atoms with Crippen LogP contribution >= 0.6 is 0 Å². The summed E-state index contributed by atoms with van der Waals surface area (Å²) < 4.78 is 0. The molecule has 0 aromatic heterocycles. The quantitative estimate of drug-likeness (QED) is 0.484. The molecular formula is C7H17N3. The van der Waals surface area contributed by atoms with Gasteiger partial charge in [-0.1, -0.05) is 6.42 Å². The number of rotatable bonds is 2. The first kappa shape index (κ1) is 7.98. The molecule has 1 aliphatic heterocycles. The molecule has 1 aliphatic rings. The summed E-state index contributed by atoms with van der Waals surface area (Å²) >= 11 is 0. The Hall–Kier alpha value is -0.120. The van der Waals surface area contributed by atoms with E-state index in [-0.39, 0.29) is 0 Å². The van der Waals surface area contributed by atoms with Crippen molar-refractivity contribution in [2.75, 3.05) is 13.1 Å². The molecule has 10 heavy (non-hydrogen) atoms. The molecular weight excluding hydrogens is 126 g/mol. The van der Waals surface area contributed by atoms with Crippen molar-refractivity contribution in [3.63, 3.8) is 0 Å². The van der Waals surface area contributed by atoms with Crippen LogP contribution in [-0.2, 0) is 0 Å². The molecule has 0 spiro atoms. The molecule has 1 saturated heterocycles. The van der Waals surface area contributed by atoms with Crippen molar-refractivity contribution >= 4 is 0 Å². The smallest absolute Gasteiger partial charge is 0.0193 e. The Labute approximate surface area is 62.2 Å². The van der Waals surface area contributed by atoms with Gasteiger partial charge >= 0.3 is 0 Å². The fourth-order valence-corrected chi connectivity index (χ4v) is 1.48. The van der Waals surface area contributed by atoms with E-state index >= 15 is 0 Å². The van der Waals surface area contributed by atoms with Gasteiger partial charge in [-0.15, -0.1) is 0 Å². The van der Waals surface area contributed by atoms with E-state index in [1.165, 1.54) is 19.3 Å². The monoisotopic (exact) mass is 143 g/mol. The van der Waals surface area contributed by atoms with Crippen molar-refractivity contribution in [2.45, 2.75) is 31.3 Å². The molecule has 0 bridgehead atoms. The zero-order valence-electron chi connectivity index (χ0n) is 6.34. The summed E-state index contributed by atoms with van der Waals surface area (Å²) in [4.78, 5) is 0. The van der Waals surface area contributed by atoms with Crippen LogP contribution in [0.1, 0.15) is 19.3 Å². The van der Waals surface area contributed by atoms with Crippen LogP contribution in [0, 0.1) is 0 Å². The van der Waals surface area contributed by atoms with E-state index in [9.17, 15) is 0 Å². The Morgan fingerprint density at radius 3 is 2.00 bits per heavy atom. The summed E-state index contributed by atoms with van der Waals surface area (Å²) in [5.41, 5.74) is 11.0. The molecule has 3 nitrogen and oxygen atoms in total. The molecule has 0 radical (unpaired) electrons. The Kier molecular flexibility index (Phi) is 3.12. The van der Waals surface area contributed by atoms with Crippen LogP contribution in [0.25, 0.3) is 0 Å². The van der Waals surface area contributed by atoms with Crippen molar-refractivity contribution in [1.29, 1.82) is 0 Å². The minimum Gasteiger partial charge on any atom is -0.329 e. The highest BCUT2D eigenvalue weighted by molar-refractivity contribution is 4.80. The van der Waals surface area contributed by atoms with Gasteiger partial charge < -0.3 is 16.8 Å².